The van der Waals surface area contributed by atoms with Gasteiger partial charge in [-0.2, -0.15) is 5.10 Å². The third-order valence-corrected chi connectivity index (χ3v) is 4.35. The molecule has 1 aromatic carbocycles. The summed E-state index contributed by atoms with van der Waals surface area (Å²) in [6.45, 7) is 1.27. The van der Waals surface area contributed by atoms with Gasteiger partial charge in [-0.15, -0.1) is 0 Å². The first-order chi connectivity index (χ1) is 13.2. The highest BCUT2D eigenvalue weighted by atomic mass is 19.1. The van der Waals surface area contributed by atoms with Crippen LogP contribution >= 0.6 is 0 Å². The first-order valence-corrected chi connectivity index (χ1v) is 8.59. The van der Waals surface area contributed by atoms with Crippen molar-refractivity contribution >= 4 is 11.7 Å². The number of anilines is 1. The molecular formula is C19H18FN5O2. The van der Waals surface area contributed by atoms with Gasteiger partial charge in [0.25, 0.3) is 0 Å². The Labute approximate surface area is 155 Å². The van der Waals surface area contributed by atoms with Crippen molar-refractivity contribution in [3.63, 3.8) is 0 Å². The molecule has 1 fully saturated rings. The number of benzene rings is 1. The maximum atomic E-state index is 13.1. The lowest BCUT2D eigenvalue weighted by atomic mass is 10.1. The molecule has 1 N–H and O–H groups in total. The molecule has 0 radical (unpaired) electrons. The number of amides is 2. The van der Waals surface area contributed by atoms with Crippen molar-refractivity contribution in [2.24, 2.45) is 0 Å². The van der Waals surface area contributed by atoms with Crippen LogP contribution < -0.4 is 5.32 Å². The predicted octanol–water partition coefficient (Wildman–Crippen LogP) is 3.01. The van der Waals surface area contributed by atoms with Crippen molar-refractivity contribution in [2.75, 3.05) is 25.0 Å². The van der Waals surface area contributed by atoms with Crippen LogP contribution in [0.4, 0.5) is 14.9 Å². The van der Waals surface area contributed by atoms with Crippen LogP contribution in [0.3, 0.4) is 0 Å². The van der Waals surface area contributed by atoms with Gasteiger partial charge in [-0.25, -0.2) is 18.9 Å². The minimum atomic E-state index is -0.299. The maximum Gasteiger partial charge on any atom is 0.322 e. The summed E-state index contributed by atoms with van der Waals surface area (Å²) in [7, 11) is 0. The number of hydrogen-bond acceptors (Lipinski definition) is 4. The summed E-state index contributed by atoms with van der Waals surface area (Å²) < 4.78 is 20.5. The lowest BCUT2D eigenvalue weighted by molar-refractivity contribution is -0.0135. The highest BCUT2D eigenvalue weighted by Crippen LogP contribution is 2.24. The number of carbonyl (C=O) groups excluding carboxylic acids is 1. The summed E-state index contributed by atoms with van der Waals surface area (Å²) in [5, 5.41) is 7.06. The number of hydrogen-bond donors (Lipinski definition) is 1. The van der Waals surface area contributed by atoms with E-state index in [1.54, 1.807) is 58.5 Å². The van der Waals surface area contributed by atoms with E-state index >= 15 is 0 Å². The maximum absolute atomic E-state index is 13.1. The van der Waals surface area contributed by atoms with Crippen molar-refractivity contribution in [1.29, 1.82) is 0 Å². The van der Waals surface area contributed by atoms with E-state index in [-0.39, 0.29) is 18.0 Å². The van der Waals surface area contributed by atoms with Gasteiger partial charge in [-0.05, 0) is 35.9 Å². The lowest BCUT2D eigenvalue weighted by Crippen LogP contribution is -2.44. The van der Waals surface area contributed by atoms with Crippen LogP contribution in [-0.2, 0) is 4.74 Å². The molecule has 3 heterocycles. The number of ether oxygens (including phenoxy) is 1. The Morgan fingerprint density at radius 3 is 2.81 bits per heavy atom. The van der Waals surface area contributed by atoms with E-state index in [9.17, 15) is 9.18 Å². The van der Waals surface area contributed by atoms with Crippen molar-refractivity contribution in [3.8, 4) is 5.82 Å². The summed E-state index contributed by atoms with van der Waals surface area (Å²) >= 11 is 0. The first-order valence-electron chi connectivity index (χ1n) is 8.59. The molecule has 8 heteroatoms. The molecule has 0 spiro atoms. The summed E-state index contributed by atoms with van der Waals surface area (Å²) in [6, 6.07) is 11.2. The monoisotopic (exact) mass is 367 g/mol. The molecule has 2 aromatic heterocycles. The molecule has 0 bridgehead atoms. The van der Waals surface area contributed by atoms with Crippen LogP contribution in [0.1, 0.15) is 11.7 Å². The average Bonchev–Trinajstić information content (AvgIpc) is 3.24. The fraction of sp³-hybridized carbons (Fsp3) is 0.211. The van der Waals surface area contributed by atoms with Crippen LogP contribution in [-0.4, -0.2) is 45.4 Å². The smallest absolute Gasteiger partial charge is 0.322 e. The first kappa shape index (κ1) is 17.2. The Bertz CT molecular complexity index is 914. The molecule has 0 saturated carbocycles. The van der Waals surface area contributed by atoms with Gasteiger partial charge in [0.1, 0.15) is 11.9 Å². The number of morpholine rings is 1. The molecular weight excluding hydrogens is 349 g/mol. The van der Waals surface area contributed by atoms with E-state index in [2.05, 4.69) is 15.4 Å². The number of aromatic nitrogens is 3. The SMILES string of the molecule is O=C(Nc1cccnc1-n1cccn1)N1CCOC(c2ccc(F)cc2)C1. The summed E-state index contributed by atoms with van der Waals surface area (Å²) in [6.07, 6.45) is 4.77. The van der Waals surface area contributed by atoms with E-state index in [0.29, 0.717) is 31.2 Å². The zero-order valence-electron chi connectivity index (χ0n) is 14.5. The molecule has 1 atom stereocenters. The average molecular weight is 367 g/mol. The van der Waals surface area contributed by atoms with Crippen molar-refractivity contribution in [2.45, 2.75) is 6.10 Å². The number of nitrogens with zero attached hydrogens (tertiary/aromatic N) is 4. The third kappa shape index (κ3) is 3.80. The van der Waals surface area contributed by atoms with Gasteiger partial charge >= 0.3 is 6.03 Å². The van der Waals surface area contributed by atoms with Crippen LogP contribution in [0.25, 0.3) is 5.82 Å². The number of carbonyl (C=O) groups is 1. The number of urea groups is 1. The topological polar surface area (TPSA) is 72.3 Å². The molecule has 7 nitrogen and oxygen atoms in total. The fourth-order valence-corrected chi connectivity index (χ4v) is 2.98. The van der Waals surface area contributed by atoms with Crippen LogP contribution in [0, 0.1) is 5.82 Å². The second kappa shape index (κ2) is 7.55. The summed E-state index contributed by atoms with van der Waals surface area (Å²) in [5.74, 6) is 0.242. The van der Waals surface area contributed by atoms with Gasteiger partial charge < -0.3 is 15.0 Å². The molecule has 0 aliphatic carbocycles. The number of nitrogens with one attached hydrogen (secondary N) is 1. The lowest BCUT2D eigenvalue weighted by Gasteiger charge is -2.33. The normalized spacial score (nSPS) is 16.9. The molecule has 1 unspecified atom stereocenters. The molecule has 4 rings (SSSR count). The van der Waals surface area contributed by atoms with Crippen molar-refractivity contribution in [3.05, 3.63) is 72.4 Å². The van der Waals surface area contributed by atoms with Gasteiger partial charge in [0, 0.05) is 25.1 Å². The zero-order chi connectivity index (χ0) is 18.6. The van der Waals surface area contributed by atoms with Gasteiger partial charge in [-0.3, -0.25) is 0 Å². The van der Waals surface area contributed by atoms with E-state index < -0.39 is 0 Å². The second-order valence-electron chi connectivity index (χ2n) is 6.11. The molecule has 2 amide bonds. The molecule has 1 saturated heterocycles. The minimum absolute atomic E-state index is 0.244. The quantitative estimate of drug-likeness (QED) is 0.772. The van der Waals surface area contributed by atoms with Crippen LogP contribution in [0.5, 0.6) is 0 Å². The van der Waals surface area contributed by atoms with E-state index in [1.165, 1.54) is 12.1 Å². The standard InChI is InChI=1S/C19H18FN5O2/c20-15-6-4-14(5-7-15)17-13-24(11-12-27-17)19(26)23-16-3-1-8-21-18(16)25-10-2-9-22-25/h1-10,17H,11-13H2,(H,23,26). The highest BCUT2D eigenvalue weighted by molar-refractivity contribution is 5.91. The van der Waals surface area contributed by atoms with Crippen molar-refractivity contribution in [1.82, 2.24) is 19.7 Å². The Morgan fingerprint density at radius 1 is 1.19 bits per heavy atom. The van der Waals surface area contributed by atoms with E-state index in [4.69, 9.17) is 4.74 Å². The predicted molar refractivity (Wildman–Crippen MR) is 97.0 cm³/mol. The number of halogens is 1. The van der Waals surface area contributed by atoms with Crippen LogP contribution in [0.2, 0.25) is 0 Å². The number of rotatable bonds is 3. The Hall–Kier alpha value is -3.26. The zero-order valence-corrected chi connectivity index (χ0v) is 14.5. The van der Waals surface area contributed by atoms with Crippen LogP contribution in [0.15, 0.2) is 61.1 Å². The highest BCUT2D eigenvalue weighted by Gasteiger charge is 2.26. The van der Waals surface area contributed by atoms with Gasteiger partial charge in [0.2, 0.25) is 0 Å². The Morgan fingerprint density at radius 2 is 2.04 bits per heavy atom. The van der Waals surface area contributed by atoms with E-state index in [0.717, 1.165) is 5.56 Å². The largest absolute Gasteiger partial charge is 0.370 e. The summed E-state index contributed by atoms with van der Waals surface area (Å²) in [4.78, 5) is 18.7. The number of pyridine rings is 1. The van der Waals surface area contributed by atoms with Crippen molar-refractivity contribution < 1.29 is 13.9 Å². The van der Waals surface area contributed by atoms with Gasteiger partial charge in [0.05, 0.1) is 18.8 Å². The molecule has 27 heavy (non-hydrogen) atoms. The fourth-order valence-electron chi connectivity index (χ4n) is 2.98. The second-order valence-corrected chi connectivity index (χ2v) is 6.11. The van der Waals surface area contributed by atoms with Gasteiger partial charge in [-0.1, -0.05) is 12.1 Å². The molecule has 138 valence electrons. The molecule has 1 aliphatic heterocycles. The van der Waals surface area contributed by atoms with E-state index in [1.807, 2.05) is 0 Å². The van der Waals surface area contributed by atoms with Gasteiger partial charge in [0.15, 0.2) is 5.82 Å². The molecule has 3 aromatic rings. The third-order valence-electron chi connectivity index (χ3n) is 4.35. The molecule has 1 aliphatic rings. The Balaban J connectivity index is 1.48. The minimum Gasteiger partial charge on any atom is -0.370 e. The summed E-state index contributed by atoms with van der Waals surface area (Å²) in [5.41, 5.74) is 1.41. The Kier molecular flexibility index (Phi) is 4.80.